The first-order chi connectivity index (χ1) is 10.3. The van der Waals surface area contributed by atoms with Gasteiger partial charge in [-0.15, -0.1) is 0 Å². The number of nitrogens with zero attached hydrogens (tertiary/aromatic N) is 1. The average Bonchev–Trinajstić information content (AvgIpc) is 2.48. The molecule has 0 radical (unpaired) electrons. The summed E-state index contributed by atoms with van der Waals surface area (Å²) in [6.07, 6.45) is 0. The maximum absolute atomic E-state index is 13.5. The number of hydrogen-bond acceptors (Lipinski definition) is 6. The number of para-hydroxylation sites is 1. The van der Waals surface area contributed by atoms with Crippen LogP contribution in [0.5, 0.6) is 11.5 Å². The number of rotatable bonds is 5. The summed E-state index contributed by atoms with van der Waals surface area (Å²) in [6, 6.07) is 7.89. The van der Waals surface area contributed by atoms with Crippen molar-refractivity contribution in [2.24, 2.45) is 0 Å². The topological polar surface area (TPSA) is 95.7 Å². The van der Waals surface area contributed by atoms with E-state index in [0.717, 1.165) is 30.3 Å². The van der Waals surface area contributed by atoms with Gasteiger partial charge in [-0.25, -0.2) is 4.39 Å². The fourth-order valence-corrected chi connectivity index (χ4v) is 2.77. The van der Waals surface area contributed by atoms with Crippen LogP contribution in [0.15, 0.2) is 47.4 Å². The lowest BCUT2D eigenvalue weighted by Crippen LogP contribution is -2.12. The summed E-state index contributed by atoms with van der Waals surface area (Å²) in [5, 5.41) is 10.8. The monoisotopic (exact) mass is 327 g/mol. The summed E-state index contributed by atoms with van der Waals surface area (Å²) in [6.45, 7) is 0. The lowest BCUT2D eigenvalue weighted by molar-refractivity contribution is -0.385. The molecular weight excluding hydrogens is 317 g/mol. The molecule has 0 aliphatic heterocycles. The Morgan fingerprint density at radius 2 is 1.82 bits per heavy atom. The fourth-order valence-electron chi connectivity index (χ4n) is 1.65. The van der Waals surface area contributed by atoms with Crippen LogP contribution in [0.4, 0.5) is 10.1 Å². The second-order valence-corrected chi connectivity index (χ2v) is 5.57. The second kappa shape index (κ2) is 5.98. The molecule has 0 spiro atoms. The number of nitro benzene ring substituents is 1. The molecule has 0 unspecified atom stereocenters. The molecule has 9 heteroatoms. The van der Waals surface area contributed by atoms with Crippen molar-refractivity contribution >= 4 is 15.8 Å². The predicted molar refractivity (Wildman–Crippen MR) is 73.9 cm³/mol. The van der Waals surface area contributed by atoms with Gasteiger partial charge in [0, 0.05) is 12.1 Å². The molecule has 0 fully saturated rings. The van der Waals surface area contributed by atoms with Crippen molar-refractivity contribution < 1.29 is 26.7 Å². The molecule has 0 aromatic heterocycles. The van der Waals surface area contributed by atoms with Crippen molar-refractivity contribution in [1.82, 2.24) is 0 Å². The minimum absolute atomic E-state index is 0.151. The molecule has 0 saturated heterocycles. The van der Waals surface area contributed by atoms with Crippen molar-refractivity contribution in [2.75, 3.05) is 7.11 Å². The van der Waals surface area contributed by atoms with Gasteiger partial charge in [0.1, 0.15) is 5.75 Å². The van der Waals surface area contributed by atoms with Crippen LogP contribution >= 0.6 is 0 Å². The summed E-state index contributed by atoms with van der Waals surface area (Å²) in [5.74, 6) is -1.55. The van der Waals surface area contributed by atoms with Crippen LogP contribution in [-0.2, 0) is 10.1 Å². The molecule has 2 aromatic rings. The molecule has 0 atom stereocenters. The summed E-state index contributed by atoms with van der Waals surface area (Å²) < 4.78 is 47.5. The highest BCUT2D eigenvalue weighted by Crippen LogP contribution is 2.31. The first-order valence-corrected chi connectivity index (χ1v) is 7.27. The van der Waals surface area contributed by atoms with Crippen LogP contribution in [0.25, 0.3) is 0 Å². The number of methoxy groups -OCH3 is 1. The Labute approximate surface area is 125 Å². The van der Waals surface area contributed by atoms with Crippen LogP contribution < -0.4 is 8.92 Å². The van der Waals surface area contributed by atoms with Crippen molar-refractivity contribution in [3.8, 4) is 11.5 Å². The van der Waals surface area contributed by atoms with E-state index in [0.29, 0.717) is 0 Å². The Kier molecular flexibility index (Phi) is 4.27. The molecule has 2 aromatic carbocycles. The van der Waals surface area contributed by atoms with E-state index in [1.165, 1.54) is 19.2 Å². The van der Waals surface area contributed by atoms with Gasteiger partial charge in [0.15, 0.2) is 16.5 Å². The van der Waals surface area contributed by atoms with Crippen molar-refractivity contribution in [2.45, 2.75) is 4.90 Å². The smallest absolute Gasteiger partial charge is 0.343 e. The Balaban J connectivity index is 2.51. The normalized spacial score (nSPS) is 11.0. The van der Waals surface area contributed by atoms with E-state index in [1.54, 1.807) is 0 Å². The number of hydrogen-bond donors (Lipinski definition) is 0. The summed E-state index contributed by atoms with van der Waals surface area (Å²) in [4.78, 5) is 9.44. The van der Waals surface area contributed by atoms with E-state index in [1.807, 2.05) is 0 Å². The van der Waals surface area contributed by atoms with Crippen molar-refractivity contribution in [1.29, 1.82) is 0 Å². The zero-order valence-electron chi connectivity index (χ0n) is 11.2. The first-order valence-electron chi connectivity index (χ1n) is 5.86. The third-order valence-corrected chi connectivity index (χ3v) is 3.92. The molecule has 0 aliphatic carbocycles. The van der Waals surface area contributed by atoms with E-state index >= 15 is 0 Å². The molecular formula is C13H10FNO6S. The molecule has 0 bridgehead atoms. The lowest BCUT2D eigenvalue weighted by Gasteiger charge is -2.10. The Bertz CT molecular complexity index is 821. The number of halogens is 1. The average molecular weight is 327 g/mol. The molecule has 22 heavy (non-hydrogen) atoms. The third kappa shape index (κ3) is 3.14. The SMILES string of the molecule is COc1ccc([N+](=O)[O-])cc1S(=O)(=O)Oc1ccccc1F. The molecule has 0 heterocycles. The minimum Gasteiger partial charge on any atom is -0.495 e. The van der Waals surface area contributed by atoms with Crippen LogP contribution in [0.1, 0.15) is 0 Å². The summed E-state index contributed by atoms with van der Waals surface area (Å²) in [7, 11) is -3.31. The Hall–Kier alpha value is -2.68. The molecule has 0 saturated carbocycles. The first kappa shape index (κ1) is 15.7. The van der Waals surface area contributed by atoms with Crippen molar-refractivity contribution in [3.63, 3.8) is 0 Å². The zero-order valence-corrected chi connectivity index (χ0v) is 12.0. The zero-order chi connectivity index (χ0) is 16.3. The third-order valence-electron chi connectivity index (χ3n) is 2.66. The highest BCUT2D eigenvalue weighted by molar-refractivity contribution is 7.87. The van der Waals surface area contributed by atoms with Gasteiger partial charge < -0.3 is 8.92 Å². The van der Waals surface area contributed by atoms with E-state index in [2.05, 4.69) is 0 Å². The van der Waals surface area contributed by atoms with Gasteiger partial charge in [0.25, 0.3) is 5.69 Å². The largest absolute Gasteiger partial charge is 0.495 e. The standard InChI is InChI=1S/C13H10FNO6S/c1-20-12-7-6-9(15(16)17)8-13(12)22(18,19)21-11-5-3-2-4-10(11)14/h2-8H,1H3. The molecule has 2 rings (SSSR count). The van der Waals surface area contributed by atoms with Gasteiger partial charge in [-0.1, -0.05) is 12.1 Å². The van der Waals surface area contributed by atoms with E-state index in [9.17, 15) is 22.9 Å². The van der Waals surface area contributed by atoms with Gasteiger partial charge >= 0.3 is 10.1 Å². The fraction of sp³-hybridized carbons (Fsp3) is 0.0769. The van der Waals surface area contributed by atoms with Gasteiger partial charge in [-0.05, 0) is 18.2 Å². The highest BCUT2D eigenvalue weighted by Gasteiger charge is 2.26. The van der Waals surface area contributed by atoms with E-state index in [-0.39, 0.29) is 5.75 Å². The molecule has 0 aliphatic rings. The van der Waals surface area contributed by atoms with E-state index < -0.39 is 37.2 Å². The van der Waals surface area contributed by atoms with Crippen LogP contribution in [0.2, 0.25) is 0 Å². The van der Waals surface area contributed by atoms with Crippen LogP contribution in [-0.4, -0.2) is 20.5 Å². The summed E-state index contributed by atoms with van der Waals surface area (Å²) in [5.41, 5.74) is -0.462. The van der Waals surface area contributed by atoms with Gasteiger partial charge in [0.05, 0.1) is 12.0 Å². The Morgan fingerprint density at radius 3 is 2.41 bits per heavy atom. The lowest BCUT2D eigenvalue weighted by atomic mass is 10.3. The maximum Gasteiger partial charge on any atom is 0.343 e. The predicted octanol–water partition coefficient (Wildman–Crippen LogP) is 2.51. The van der Waals surface area contributed by atoms with Gasteiger partial charge in [-0.2, -0.15) is 8.42 Å². The number of ether oxygens (including phenoxy) is 1. The highest BCUT2D eigenvalue weighted by atomic mass is 32.2. The molecule has 116 valence electrons. The quantitative estimate of drug-likeness (QED) is 0.475. The maximum atomic E-state index is 13.5. The van der Waals surface area contributed by atoms with Gasteiger partial charge in [0.2, 0.25) is 0 Å². The Morgan fingerprint density at radius 1 is 1.14 bits per heavy atom. The molecule has 7 nitrogen and oxygen atoms in total. The van der Waals surface area contributed by atoms with Crippen molar-refractivity contribution in [3.05, 3.63) is 58.4 Å². The number of non-ortho nitro benzene ring substituents is 1. The van der Waals surface area contributed by atoms with E-state index in [4.69, 9.17) is 8.92 Å². The van der Waals surface area contributed by atoms with Crippen LogP contribution in [0, 0.1) is 15.9 Å². The second-order valence-electron chi connectivity index (χ2n) is 4.06. The van der Waals surface area contributed by atoms with Gasteiger partial charge in [-0.3, -0.25) is 10.1 Å². The molecule has 0 N–H and O–H groups in total. The number of nitro groups is 1. The molecule has 0 amide bonds. The minimum atomic E-state index is -4.50. The summed E-state index contributed by atoms with van der Waals surface area (Å²) >= 11 is 0. The van der Waals surface area contributed by atoms with Crippen LogP contribution in [0.3, 0.4) is 0 Å². The number of benzene rings is 2.